The summed E-state index contributed by atoms with van der Waals surface area (Å²) in [5.41, 5.74) is -0.970. The number of thioether (sulfide) groups is 1. The third kappa shape index (κ3) is 6.19. The van der Waals surface area contributed by atoms with Crippen molar-refractivity contribution in [3.05, 3.63) is 22.8 Å². The molecule has 0 amide bonds. The first-order valence-corrected chi connectivity index (χ1v) is 6.59. The van der Waals surface area contributed by atoms with Gasteiger partial charge in [0.15, 0.2) is 0 Å². The van der Waals surface area contributed by atoms with Gasteiger partial charge in [-0.3, -0.25) is 0 Å². The fourth-order valence-electron chi connectivity index (χ4n) is 1.14. The molecule has 114 valence electrons. The highest BCUT2D eigenvalue weighted by atomic mass is 35.5. The highest BCUT2D eigenvalue weighted by Crippen LogP contribution is 2.33. The monoisotopic (exact) mass is 338 g/mol. The highest BCUT2D eigenvalue weighted by molar-refractivity contribution is 7.99. The van der Waals surface area contributed by atoms with Gasteiger partial charge in [0.1, 0.15) is 5.03 Å². The number of alkyl halides is 6. The van der Waals surface area contributed by atoms with E-state index in [0.29, 0.717) is 6.20 Å². The smallest absolute Gasteiger partial charge is 0.308 e. The lowest BCUT2D eigenvalue weighted by Gasteiger charge is -2.10. The Morgan fingerprint density at radius 3 is 2.35 bits per heavy atom. The van der Waals surface area contributed by atoms with Crippen LogP contribution in [0.1, 0.15) is 5.56 Å². The van der Waals surface area contributed by atoms with E-state index in [-0.39, 0.29) is 22.3 Å². The summed E-state index contributed by atoms with van der Waals surface area (Å²) in [5, 5.41) is 2.12. The van der Waals surface area contributed by atoms with Crippen LogP contribution in [0.5, 0.6) is 0 Å². The lowest BCUT2D eigenvalue weighted by molar-refractivity contribution is -0.137. The molecular weight excluding hydrogens is 330 g/mol. The Balaban J connectivity index is 2.46. The molecule has 0 spiro atoms. The quantitative estimate of drug-likeness (QED) is 0.499. The SMILES string of the molecule is FC(F)(F)CNCCSc1ncc(C(F)(F)F)cc1Cl. The zero-order valence-corrected chi connectivity index (χ0v) is 11.3. The molecule has 1 N–H and O–H groups in total. The fourth-order valence-corrected chi connectivity index (χ4v) is 2.23. The van der Waals surface area contributed by atoms with Crippen molar-refractivity contribution in [2.24, 2.45) is 0 Å². The number of halogens is 7. The molecule has 0 saturated carbocycles. The van der Waals surface area contributed by atoms with Crippen LogP contribution in [0.2, 0.25) is 5.02 Å². The van der Waals surface area contributed by atoms with Crippen molar-refractivity contribution in [1.82, 2.24) is 10.3 Å². The van der Waals surface area contributed by atoms with Gasteiger partial charge in [0.25, 0.3) is 0 Å². The van der Waals surface area contributed by atoms with Crippen molar-refractivity contribution in [3.63, 3.8) is 0 Å². The van der Waals surface area contributed by atoms with Gasteiger partial charge in [0, 0.05) is 18.5 Å². The minimum absolute atomic E-state index is 0.0310. The van der Waals surface area contributed by atoms with Crippen molar-refractivity contribution >= 4 is 23.4 Å². The Bertz CT molecular complexity index is 448. The van der Waals surface area contributed by atoms with Crippen LogP contribution in [0.25, 0.3) is 0 Å². The number of nitrogens with one attached hydrogen (secondary N) is 1. The predicted octanol–water partition coefficient (Wildman–Crippen LogP) is 4.00. The van der Waals surface area contributed by atoms with Crippen LogP contribution in [0.4, 0.5) is 26.3 Å². The van der Waals surface area contributed by atoms with Gasteiger partial charge in [-0.05, 0) is 6.07 Å². The third-order valence-electron chi connectivity index (χ3n) is 1.98. The lowest BCUT2D eigenvalue weighted by atomic mass is 10.3. The van der Waals surface area contributed by atoms with Crippen molar-refractivity contribution in [2.75, 3.05) is 18.8 Å². The molecule has 0 aliphatic rings. The standard InChI is InChI=1S/C10H9ClF6N2S/c11-7-3-6(10(15,16)17)4-19-8(7)20-2-1-18-5-9(12,13)14/h3-4,18H,1-2,5H2. The summed E-state index contributed by atoms with van der Waals surface area (Å²) < 4.78 is 72.5. The first kappa shape index (κ1) is 17.4. The van der Waals surface area contributed by atoms with E-state index < -0.39 is 24.5 Å². The van der Waals surface area contributed by atoms with E-state index in [0.717, 1.165) is 17.8 Å². The summed E-state index contributed by atoms with van der Waals surface area (Å²) in [6, 6.07) is 0.736. The molecule has 0 fully saturated rings. The van der Waals surface area contributed by atoms with E-state index in [4.69, 9.17) is 11.6 Å². The second-order valence-corrected chi connectivity index (χ2v) is 5.14. The highest BCUT2D eigenvalue weighted by Gasteiger charge is 2.31. The minimum Gasteiger partial charge on any atom is -0.308 e. The van der Waals surface area contributed by atoms with E-state index in [1.54, 1.807) is 0 Å². The molecule has 10 heteroatoms. The molecular formula is C10H9ClF6N2S. The first-order chi connectivity index (χ1) is 9.09. The van der Waals surface area contributed by atoms with Crippen LogP contribution in [0.15, 0.2) is 17.3 Å². The first-order valence-electron chi connectivity index (χ1n) is 5.22. The summed E-state index contributed by atoms with van der Waals surface area (Å²) in [7, 11) is 0. The molecule has 0 aromatic carbocycles. The molecule has 0 aliphatic heterocycles. The van der Waals surface area contributed by atoms with Crippen molar-refractivity contribution in [1.29, 1.82) is 0 Å². The zero-order valence-electron chi connectivity index (χ0n) is 9.78. The Labute approximate surface area is 119 Å². The Kier molecular flexibility index (Phi) is 5.96. The largest absolute Gasteiger partial charge is 0.417 e. The summed E-state index contributed by atoms with van der Waals surface area (Å²) in [6.45, 7) is -1.09. The molecule has 20 heavy (non-hydrogen) atoms. The normalized spacial score (nSPS) is 12.8. The van der Waals surface area contributed by atoms with Crippen molar-refractivity contribution in [2.45, 2.75) is 17.4 Å². The third-order valence-corrected chi connectivity index (χ3v) is 3.38. The van der Waals surface area contributed by atoms with Gasteiger partial charge in [0.05, 0.1) is 17.1 Å². The van der Waals surface area contributed by atoms with E-state index >= 15 is 0 Å². The second kappa shape index (κ2) is 6.86. The van der Waals surface area contributed by atoms with Crippen LogP contribution in [0, 0.1) is 0 Å². The maximum absolute atomic E-state index is 12.3. The van der Waals surface area contributed by atoms with Crippen LogP contribution in [0.3, 0.4) is 0 Å². The van der Waals surface area contributed by atoms with E-state index in [9.17, 15) is 26.3 Å². The number of pyridine rings is 1. The van der Waals surface area contributed by atoms with Crippen molar-refractivity contribution in [3.8, 4) is 0 Å². The van der Waals surface area contributed by atoms with Gasteiger partial charge in [-0.1, -0.05) is 11.6 Å². The molecule has 0 unspecified atom stereocenters. The maximum atomic E-state index is 12.3. The molecule has 2 nitrogen and oxygen atoms in total. The summed E-state index contributed by atoms with van der Waals surface area (Å²) in [5.74, 6) is 0.203. The topological polar surface area (TPSA) is 24.9 Å². The molecule has 0 aliphatic carbocycles. The average Bonchev–Trinajstić information content (AvgIpc) is 2.27. The molecule has 0 atom stereocenters. The molecule has 1 aromatic heterocycles. The number of rotatable bonds is 5. The van der Waals surface area contributed by atoms with E-state index in [1.807, 2.05) is 0 Å². The minimum atomic E-state index is -4.53. The molecule has 0 bridgehead atoms. The number of hydrogen-bond donors (Lipinski definition) is 1. The predicted molar refractivity (Wildman–Crippen MR) is 63.9 cm³/mol. The van der Waals surface area contributed by atoms with Crippen molar-refractivity contribution < 1.29 is 26.3 Å². The number of hydrogen-bond acceptors (Lipinski definition) is 3. The molecule has 1 heterocycles. The summed E-state index contributed by atoms with van der Waals surface area (Å²) in [4.78, 5) is 3.55. The van der Waals surface area contributed by atoms with Gasteiger partial charge in [0.2, 0.25) is 0 Å². The number of aromatic nitrogens is 1. The van der Waals surface area contributed by atoms with Gasteiger partial charge in [-0.2, -0.15) is 26.3 Å². The van der Waals surface area contributed by atoms with E-state index in [2.05, 4.69) is 10.3 Å². The zero-order chi connectivity index (χ0) is 15.4. The molecule has 0 saturated heterocycles. The van der Waals surface area contributed by atoms with Gasteiger partial charge in [-0.25, -0.2) is 4.98 Å². The Morgan fingerprint density at radius 1 is 1.20 bits per heavy atom. The van der Waals surface area contributed by atoms with Crippen LogP contribution < -0.4 is 5.32 Å². The summed E-state index contributed by atoms with van der Waals surface area (Å²) >= 11 is 6.61. The fraction of sp³-hybridized carbons (Fsp3) is 0.500. The van der Waals surface area contributed by atoms with Crippen LogP contribution >= 0.6 is 23.4 Å². The number of nitrogens with zero attached hydrogens (tertiary/aromatic N) is 1. The van der Waals surface area contributed by atoms with Gasteiger partial charge < -0.3 is 5.32 Å². The lowest BCUT2D eigenvalue weighted by Crippen LogP contribution is -2.30. The van der Waals surface area contributed by atoms with Gasteiger partial charge in [-0.15, -0.1) is 11.8 Å². The van der Waals surface area contributed by atoms with Crippen LogP contribution in [-0.2, 0) is 6.18 Å². The Hall–Kier alpha value is -0.670. The summed E-state index contributed by atoms with van der Waals surface area (Å²) in [6.07, 6.45) is -8.19. The molecule has 1 rings (SSSR count). The Morgan fingerprint density at radius 2 is 1.85 bits per heavy atom. The second-order valence-electron chi connectivity index (χ2n) is 3.65. The van der Waals surface area contributed by atoms with Gasteiger partial charge >= 0.3 is 12.4 Å². The van der Waals surface area contributed by atoms with E-state index in [1.165, 1.54) is 0 Å². The van der Waals surface area contributed by atoms with Crippen LogP contribution in [-0.4, -0.2) is 30.0 Å². The molecule has 0 radical (unpaired) electrons. The average molecular weight is 339 g/mol. The maximum Gasteiger partial charge on any atom is 0.417 e. The molecule has 1 aromatic rings.